The van der Waals surface area contributed by atoms with Crippen molar-refractivity contribution >= 4 is 5.97 Å². The summed E-state index contributed by atoms with van der Waals surface area (Å²) in [6, 6.07) is 9.68. The van der Waals surface area contributed by atoms with Crippen molar-refractivity contribution in [2.24, 2.45) is 0 Å². The molecular weight excluding hydrogens is 209 g/mol. The Morgan fingerprint density at radius 1 is 1.44 bits per heavy atom. The highest BCUT2D eigenvalue weighted by Crippen LogP contribution is 2.26. The summed E-state index contributed by atoms with van der Waals surface area (Å²) < 4.78 is 13.7. The molecule has 4 heteroatoms. The molecule has 86 valence electrons. The van der Waals surface area contributed by atoms with Crippen molar-refractivity contribution < 1.29 is 14.3 Å². The summed E-state index contributed by atoms with van der Waals surface area (Å²) in [6.07, 6.45) is 0.0785. The van der Waals surface area contributed by atoms with E-state index in [0.717, 1.165) is 5.56 Å². The average Bonchev–Trinajstić information content (AvgIpc) is 2.63. The van der Waals surface area contributed by atoms with Gasteiger partial charge in [0.1, 0.15) is 0 Å². The first-order valence-corrected chi connectivity index (χ1v) is 5.29. The van der Waals surface area contributed by atoms with E-state index in [-0.39, 0.29) is 13.0 Å². The van der Waals surface area contributed by atoms with Gasteiger partial charge in [0.05, 0.1) is 0 Å². The summed E-state index contributed by atoms with van der Waals surface area (Å²) in [7, 11) is 0. The molecule has 0 aliphatic carbocycles. The maximum Gasteiger partial charge on any atom is 0.342 e. The summed E-state index contributed by atoms with van der Waals surface area (Å²) in [5, 5.41) is 8.75. The Morgan fingerprint density at radius 2 is 2.12 bits per heavy atom. The molecule has 1 aromatic carbocycles. The van der Waals surface area contributed by atoms with E-state index in [2.05, 4.69) is 0 Å². The molecule has 0 bridgehead atoms. The first kappa shape index (κ1) is 11.1. The summed E-state index contributed by atoms with van der Waals surface area (Å²) in [6.45, 7) is 1.09. The Kier molecular flexibility index (Phi) is 2.92. The maximum absolute atomic E-state index is 13.7. The van der Waals surface area contributed by atoms with Crippen molar-refractivity contribution in [2.45, 2.75) is 18.6 Å². The van der Waals surface area contributed by atoms with E-state index in [1.807, 2.05) is 35.2 Å². The van der Waals surface area contributed by atoms with E-state index < -0.39 is 11.6 Å². The smallest absolute Gasteiger partial charge is 0.342 e. The van der Waals surface area contributed by atoms with Gasteiger partial charge < -0.3 is 5.11 Å². The van der Waals surface area contributed by atoms with Crippen LogP contribution >= 0.6 is 0 Å². The van der Waals surface area contributed by atoms with Crippen molar-refractivity contribution in [3.63, 3.8) is 0 Å². The number of rotatable bonds is 3. The Hall–Kier alpha value is -1.42. The second-order valence-corrected chi connectivity index (χ2v) is 4.22. The van der Waals surface area contributed by atoms with Gasteiger partial charge in [0.15, 0.2) is 0 Å². The molecule has 1 saturated heterocycles. The minimum absolute atomic E-state index is 0.0166. The Morgan fingerprint density at radius 3 is 2.69 bits per heavy atom. The van der Waals surface area contributed by atoms with Crippen LogP contribution in [0, 0.1) is 0 Å². The number of alkyl halides is 1. The topological polar surface area (TPSA) is 40.5 Å². The number of benzene rings is 1. The molecule has 1 unspecified atom stereocenters. The van der Waals surface area contributed by atoms with Gasteiger partial charge in [0, 0.05) is 26.1 Å². The summed E-state index contributed by atoms with van der Waals surface area (Å²) in [4.78, 5) is 12.6. The zero-order valence-electron chi connectivity index (χ0n) is 8.90. The fraction of sp³-hybridized carbons (Fsp3) is 0.417. The van der Waals surface area contributed by atoms with Crippen molar-refractivity contribution in [1.82, 2.24) is 4.90 Å². The molecule has 1 atom stereocenters. The standard InChI is InChI=1S/C12H14FNO2/c13-12(11(15)16)6-7-14(9-12)8-10-4-2-1-3-5-10/h1-5H,6-9H2,(H,15,16). The fourth-order valence-electron chi connectivity index (χ4n) is 2.00. The molecule has 1 fully saturated rings. The van der Waals surface area contributed by atoms with Crippen molar-refractivity contribution in [3.05, 3.63) is 35.9 Å². The van der Waals surface area contributed by atoms with E-state index >= 15 is 0 Å². The van der Waals surface area contributed by atoms with Crippen LogP contribution in [0.15, 0.2) is 30.3 Å². The number of likely N-dealkylation sites (tertiary alicyclic amines) is 1. The Balaban J connectivity index is 1.98. The van der Waals surface area contributed by atoms with Crippen molar-refractivity contribution in [3.8, 4) is 0 Å². The molecule has 1 heterocycles. The molecule has 1 aromatic rings. The van der Waals surface area contributed by atoms with E-state index in [9.17, 15) is 9.18 Å². The third-order valence-corrected chi connectivity index (χ3v) is 2.93. The monoisotopic (exact) mass is 223 g/mol. The predicted molar refractivity (Wildman–Crippen MR) is 57.8 cm³/mol. The normalized spacial score (nSPS) is 25.8. The number of hydrogen-bond donors (Lipinski definition) is 1. The second kappa shape index (κ2) is 4.22. The van der Waals surface area contributed by atoms with Crippen LogP contribution < -0.4 is 0 Å². The van der Waals surface area contributed by atoms with Gasteiger partial charge in [-0.2, -0.15) is 0 Å². The number of carboxylic acids is 1. The minimum atomic E-state index is -2.06. The summed E-state index contributed by atoms with van der Waals surface area (Å²) in [5.74, 6) is -1.34. The largest absolute Gasteiger partial charge is 0.479 e. The van der Waals surface area contributed by atoms with Gasteiger partial charge >= 0.3 is 5.97 Å². The SMILES string of the molecule is O=C(O)C1(F)CCN(Cc2ccccc2)C1. The molecule has 1 N–H and O–H groups in total. The highest BCUT2D eigenvalue weighted by atomic mass is 19.1. The molecule has 0 aromatic heterocycles. The molecule has 2 rings (SSSR count). The number of carboxylic acid groups (broad SMARTS) is 1. The van der Waals surface area contributed by atoms with Crippen LogP contribution in [0.25, 0.3) is 0 Å². The van der Waals surface area contributed by atoms with E-state index in [4.69, 9.17) is 5.11 Å². The van der Waals surface area contributed by atoms with Crippen LogP contribution in [-0.2, 0) is 11.3 Å². The van der Waals surface area contributed by atoms with Gasteiger partial charge in [-0.05, 0) is 5.56 Å². The highest BCUT2D eigenvalue weighted by Gasteiger charge is 2.45. The highest BCUT2D eigenvalue weighted by molar-refractivity contribution is 5.78. The van der Waals surface area contributed by atoms with Gasteiger partial charge in [-0.1, -0.05) is 30.3 Å². The zero-order valence-corrected chi connectivity index (χ0v) is 8.90. The van der Waals surface area contributed by atoms with Crippen LogP contribution in [0.5, 0.6) is 0 Å². The van der Waals surface area contributed by atoms with E-state index in [1.54, 1.807) is 0 Å². The van der Waals surface area contributed by atoms with Gasteiger partial charge in [0.2, 0.25) is 5.67 Å². The third kappa shape index (κ3) is 2.22. The van der Waals surface area contributed by atoms with E-state index in [1.165, 1.54) is 0 Å². The number of halogens is 1. The predicted octanol–water partition coefficient (Wildman–Crippen LogP) is 1.69. The van der Waals surface area contributed by atoms with Gasteiger partial charge in [0.25, 0.3) is 0 Å². The number of aliphatic carboxylic acids is 1. The lowest BCUT2D eigenvalue weighted by Crippen LogP contribution is -2.36. The Bertz CT molecular complexity index is 382. The van der Waals surface area contributed by atoms with Gasteiger partial charge in [-0.3, -0.25) is 4.90 Å². The van der Waals surface area contributed by atoms with Crippen LogP contribution in [0.2, 0.25) is 0 Å². The molecule has 1 aliphatic heterocycles. The van der Waals surface area contributed by atoms with Crippen LogP contribution in [-0.4, -0.2) is 34.7 Å². The van der Waals surface area contributed by atoms with Crippen molar-refractivity contribution in [2.75, 3.05) is 13.1 Å². The van der Waals surface area contributed by atoms with Crippen LogP contribution in [0.3, 0.4) is 0 Å². The fourth-order valence-corrected chi connectivity index (χ4v) is 2.00. The molecule has 0 amide bonds. The first-order valence-electron chi connectivity index (χ1n) is 5.29. The van der Waals surface area contributed by atoms with Gasteiger partial charge in [-0.25, -0.2) is 9.18 Å². The number of nitrogens with zero attached hydrogens (tertiary/aromatic N) is 1. The molecule has 1 aliphatic rings. The minimum Gasteiger partial charge on any atom is -0.479 e. The quantitative estimate of drug-likeness (QED) is 0.847. The number of hydrogen-bond acceptors (Lipinski definition) is 2. The number of carbonyl (C=O) groups is 1. The summed E-state index contributed by atoms with van der Waals surface area (Å²) >= 11 is 0. The lowest BCUT2D eigenvalue weighted by molar-refractivity contribution is -0.149. The third-order valence-electron chi connectivity index (χ3n) is 2.93. The molecular formula is C12H14FNO2. The van der Waals surface area contributed by atoms with Crippen molar-refractivity contribution in [1.29, 1.82) is 0 Å². The first-order chi connectivity index (χ1) is 7.60. The van der Waals surface area contributed by atoms with Crippen LogP contribution in [0.4, 0.5) is 4.39 Å². The maximum atomic E-state index is 13.7. The molecule has 0 saturated carbocycles. The zero-order chi connectivity index (χ0) is 11.6. The lowest BCUT2D eigenvalue weighted by Gasteiger charge is -2.17. The Labute approximate surface area is 93.5 Å². The molecule has 16 heavy (non-hydrogen) atoms. The van der Waals surface area contributed by atoms with Gasteiger partial charge in [-0.15, -0.1) is 0 Å². The second-order valence-electron chi connectivity index (χ2n) is 4.22. The average molecular weight is 223 g/mol. The summed E-state index contributed by atoms with van der Waals surface area (Å²) in [5.41, 5.74) is -0.980. The van der Waals surface area contributed by atoms with E-state index in [0.29, 0.717) is 13.1 Å². The molecule has 3 nitrogen and oxygen atoms in total. The molecule has 0 spiro atoms. The lowest BCUT2D eigenvalue weighted by atomic mass is 10.1. The molecule has 0 radical (unpaired) electrons. The van der Waals surface area contributed by atoms with Crippen LogP contribution in [0.1, 0.15) is 12.0 Å².